The zero-order valence-electron chi connectivity index (χ0n) is 10.6. The average Bonchev–Trinajstić information content (AvgIpc) is 2.76. The Bertz CT molecular complexity index is 536. The maximum atomic E-state index is 6.22. The van der Waals surface area contributed by atoms with E-state index in [4.69, 9.17) is 17.3 Å². The minimum atomic E-state index is -0.160. The van der Waals surface area contributed by atoms with Crippen LogP contribution < -0.4 is 5.73 Å². The summed E-state index contributed by atoms with van der Waals surface area (Å²) < 4.78 is 1.85. The standard InChI is InChI=1S/C13H17ClN4/c1-3-18-13(16-8-17-18)7-12(15)10-5-4-9(2)6-11(10)14/h4-6,8,12H,3,7,15H2,1-2H3. The summed E-state index contributed by atoms with van der Waals surface area (Å²) in [5.74, 6) is 0.890. The third-order valence-electron chi connectivity index (χ3n) is 2.95. The van der Waals surface area contributed by atoms with Crippen LogP contribution in [-0.4, -0.2) is 14.8 Å². The van der Waals surface area contributed by atoms with Crippen LogP contribution in [0.15, 0.2) is 24.5 Å². The third kappa shape index (κ3) is 2.71. The smallest absolute Gasteiger partial charge is 0.138 e. The van der Waals surface area contributed by atoms with E-state index in [9.17, 15) is 0 Å². The molecule has 0 aliphatic rings. The molecule has 1 unspecified atom stereocenters. The van der Waals surface area contributed by atoms with Gasteiger partial charge in [0.1, 0.15) is 12.2 Å². The van der Waals surface area contributed by atoms with Crippen LogP contribution in [0.1, 0.15) is 29.9 Å². The zero-order valence-corrected chi connectivity index (χ0v) is 11.4. The second kappa shape index (κ2) is 5.50. The van der Waals surface area contributed by atoms with E-state index in [0.717, 1.165) is 23.5 Å². The van der Waals surface area contributed by atoms with Gasteiger partial charge in [-0.05, 0) is 31.0 Å². The van der Waals surface area contributed by atoms with Crippen LogP contribution in [0.5, 0.6) is 0 Å². The van der Waals surface area contributed by atoms with Crippen LogP contribution in [0, 0.1) is 6.92 Å². The van der Waals surface area contributed by atoms with Gasteiger partial charge in [-0.15, -0.1) is 0 Å². The molecule has 2 rings (SSSR count). The maximum absolute atomic E-state index is 6.22. The lowest BCUT2D eigenvalue weighted by molar-refractivity contribution is 0.581. The van der Waals surface area contributed by atoms with Crippen LogP contribution in [0.4, 0.5) is 0 Å². The van der Waals surface area contributed by atoms with E-state index in [1.54, 1.807) is 6.33 Å². The molecule has 0 saturated heterocycles. The topological polar surface area (TPSA) is 56.7 Å². The lowest BCUT2D eigenvalue weighted by Crippen LogP contribution is -2.17. The number of benzene rings is 1. The number of aromatic nitrogens is 3. The summed E-state index contributed by atoms with van der Waals surface area (Å²) in [4.78, 5) is 4.23. The monoisotopic (exact) mass is 264 g/mol. The van der Waals surface area contributed by atoms with Gasteiger partial charge in [-0.3, -0.25) is 4.68 Å². The van der Waals surface area contributed by atoms with E-state index in [1.807, 2.05) is 36.7 Å². The van der Waals surface area contributed by atoms with Gasteiger partial charge in [0.25, 0.3) is 0 Å². The number of halogens is 1. The summed E-state index contributed by atoms with van der Waals surface area (Å²) in [6, 6.07) is 5.77. The zero-order chi connectivity index (χ0) is 13.1. The lowest BCUT2D eigenvalue weighted by Gasteiger charge is -2.14. The minimum Gasteiger partial charge on any atom is -0.324 e. The molecule has 4 nitrogen and oxygen atoms in total. The molecule has 0 aliphatic carbocycles. The van der Waals surface area contributed by atoms with Gasteiger partial charge in [-0.1, -0.05) is 23.7 Å². The highest BCUT2D eigenvalue weighted by molar-refractivity contribution is 6.31. The predicted octanol–water partition coefficient (Wildman–Crippen LogP) is 2.50. The molecule has 1 aromatic heterocycles. The van der Waals surface area contributed by atoms with Crippen molar-refractivity contribution in [3.63, 3.8) is 0 Å². The third-order valence-corrected chi connectivity index (χ3v) is 3.28. The lowest BCUT2D eigenvalue weighted by atomic mass is 10.0. The molecule has 0 spiro atoms. The fraction of sp³-hybridized carbons (Fsp3) is 0.385. The van der Waals surface area contributed by atoms with Gasteiger partial charge < -0.3 is 5.73 Å². The number of aryl methyl sites for hydroxylation is 2. The fourth-order valence-electron chi connectivity index (χ4n) is 1.95. The van der Waals surface area contributed by atoms with Crippen LogP contribution in [0.25, 0.3) is 0 Å². The first-order valence-corrected chi connectivity index (χ1v) is 6.38. The maximum Gasteiger partial charge on any atom is 0.138 e. The molecule has 0 aliphatic heterocycles. The molecule has 0 amide bonds. The fourth-order valence-corrected chi connectivity index (χ4v) is 2.33. The van der Waals surface area contributed by atoms with Gasteiger partial charge in [-0.2, -0.15) is 5.10 Å². The van der Waals surface area contributed by atoms with Crippen molar-refractivity contribution in [2.45, 2.75) is 32.9 Å². The Kier molecular flexibility index (Phi) is 3.99. The van der Waals surface area contributed by atoms with E-state index < -0.39 is 0 Å². The van der Waals surface area contributed by atoms with Crippen molar-refractivity contribution >= 4 is 11.6 Å². The minimum absolute atomic E-state index is 0.160. The quantitative estimate of drug-likeness (QED) is 0.923. The molecule has 18 heavy (non-hydrogen) atoms. The highest BCUT2D eigenvalue weighted by Gasteiger charge is 2.14. The van der Waals surface area contributed by atoms with Gasteiger partial charge in [-0.25, -0.2) is 4.98 Å². The number of hydrogen-bond donors (Lipinski definition) is 1. The van der Waals surface area contributed by atoms with Gasteiger partial charge in [0.2, 0.25) is 0 Å². The Labute approximate surface area is 112 Å². The molecular weight excluding hydrogens is 248 g/mol. The van der Waals surface area contributed by atoms with E-state index >= 15 is 0 Å². The number of nitrogens with zero attached hydrogens (tertiary/aromatic N) is 3. The number of rotatable bonds is 4. The number of hydrogen-bond acceptors (Lipinski definition) is 3. The molecule has 1 heterocycles. The molecule has 2 aromatic rings. The van der Waals surface area contributed by atoms with Crippen molar-refractivity contribution in [3.05, 3.63) is 46.5 Å². The average molecular weight is 265 g/mol. The van der Waals surface area contributed by atoms with E-state index in [-0.39, 0.29) is 6.04 Å². The Balaban J connectivity index is 2.19. The molecule has 0 bridgehead atoms. The van der Waals surface area contributed by atoms with Crippen LogP contribution in [-0.2, 0) is 13.0 Å². The molecule has 5 heteroatoms. The highest BCUT2D eigenvalue weighted by atomic mass is 35.5. The molecule has 1 atom stereocenters. The Morgan fingerprint density at radius 2 is 2.22 bits per heavy atom. The van der Waals surface area contributed by atoms with E-state index in [0.29, 0.717) is 11.4 Å². The molecule has 96 valence electrons. The summed E-state index contributed by atoms with van der Waals surface area (Å²) in [5.41, 5.74) is 8.28. The van der Waals surface area contributed by atoms with Crippen molar-refractivity contribution in [1.82, 2.24) is 14.8 Å². The molecule has 0 fully saturated rings. The highest BCUT2D eigenvalue weighted by Crippen LogP contribution is 2.24. The van der Waals surface area contributed by atoms with Gasteiger partial charge in [0, 0.05) is 24.0 Å². The predicted molar refractivity (Wildman–Crippen MR) is 72.5 cm³/mol. The number of nitrogens with two attached hydrogens (primary N) is 1. The van der Waals surface area contributed by atoms with Crippen molar-refractivity contribution in [1.29, 1.82) is 0 Å². The SMILES string of the molecule is CCn1ncnc1CC(N)c1ccc(C)cc1Cl. The van der Waals surface area contributed by atoms with Crippen LogP contribution in [0.3, 0.4) is 0 Å². The first-order valence-electron chi connectivity index (χ1n) is 6.00. The second-order valence-electron chi connectivity index (χ2n) is 4.33. The summed E-state index contributed by atoms with van der Waals surface area (Å²) in [5, 5.41) is 4.85. The first-order chi connectivity index (χ1) is 8.61. The molecule has 0 saturated carbocycles. The second-order valence-corrected chi connectivity index (χ2v) is 4.73. The summed E-state index contributed by atoms with van der Waals surface area (Å²) in [6.07, 6.45) is 2.19. The van der Waals surface area contributed by atoms with Gasteiger partial charge >= 0.3 is 0 Å². The van der Waals surface area contributed by atoms with Gasteiger partial charge in [0.15, 0.2) is 0 Å². The molecule has 2 N–H and O–H groups in total. The first kappa shape index (κ1) is 13.1. The Morgan fingerprint density at radius 1 is 1.44 bits per heavy atom. The normalized spacial score (nSPS) is 12.7. The Morgan fingerprint density at radius 3 is 2.89 bits per heavy atom. The largest absolute Gasteiger partial charge is 0.324 e. The van der Waals surface area contributed by atoms with Crippen LogP contribution >= 0.6 is 11.6 Å². The molecular formula is C13H17ClN4. The summed E-state index contributed by atoms with van der Waals surface area (Å²) >= 11 is 6.22. The van der Waals surface area contributed by atoms with Crippen molar-refractivity contribution in [3.8, 4) is 0 Å². The van der Waals surface area contributed by atoms with Crippen LogP contribution in [0.2, 0.25) is 5.02 Å². The summed E-state index contributed by atoms with van der Waals surface area (Å²) in [7, 11) is 0. The van der Waals surface area contributed by atoms with Crippen molar-refractivity contribution in [2.75, 3.05) is 0 Å². The molecule has 0 radical (unpaired) electrons. The van der Waals surface area contributed by atoms with E-state index in [1.165, 1.54) is 0 Å². The van der Waals surface area contributed by atoms with Gasteiger partial charge in [0.05, 0.1) is 0 Å². The van der Waals surface area contributed by atoms with Crippen molar-refractivity contribution in [2.24, 2.45) is 5.73 Å². The molecule has 1 aromatic carbocycles. The summed E-state index contributed by atoms with van der Waals surface area (Å²) in [6.45, 7) is 4.83. The van der Waals surface area contributed by atoms with Crippen molar-refractivity contribution < 1.29 is 0 Å². The Hall–Kier alpha value is -1.39. The van der Waals surface area contributed by atoms with E-state index in [2.05, 4.69) is 10.1 Å².